The minimum Gasteiger partial charge on any atom is -0.378 e. The summed E-state index contributed by atoms with van der Waals surface area (Å²) in [4.78, 5) is 10.6. The number of hydrogen-bond acceptors (Lipinski definition) is 4. The van der Waals surface area contributed by atoms with Crippen molar-refractivity contribution in [3.63, 3.8) is 0 Å². The molecule has 1 spiro atoms. The van der Waals surface area contributed by atoms with Crippen LogP contribution in [0.25, 0.3) is 0 Å². The highest BCUT2D eigenvalue weighted by atomic mass is 16.6. The molecule has 1 amide bonds. The second-order valence-electron chi connectivity index (χ2n) is 5.05. The molecule has 2 unspecified atom stereocenters. The summed E-state index contributed by atoms with van der Waals surface area (Å²) in [6.45, 7) is 3.20. The smallest absolute Gasteiger partial charge is 0.217 e. The summed E-state index contributed by atoms with van der Waals surface area (Å²) in [6, 6.07) is 0.485. The van der Waals surface area contributed by atoms with E-state index in [-0.39, 0.29) is 11.5 Å². The van der Waals surface area contributed by atoms with Crippen LogP contribution in [0.15, 0.2) is 0 Å². The zero-order chi connectivity index (χ0) is 12.1. The third-order valence-corrected chi connectivity index (χ3v) is 3.59. The molecule has 0 aromatic heterocycles. The van der Waals surface area contributed by atoms with Gasteiger partial charge in [-0.05, 0) is 25.8 Å². The van der Waals surface area contributed by atoms with E-state index in [1.165, 1.54) is 0 Å². The van der Waals surface area contributed by atoms with Gasteiger partial charge < -0.3 is 20.5 Å². The zero-order valence-electron chi connectivity index (χ0n) is 10.2. The Hall–Kier alpha value is -0.650. The highest BCUT2D eigenvalue weighted by Gasteiger charge is 2.40. The van der Waals surface area contributed by atoms with E-state index in [4.69, 9.17) is 15.2 Å². The van der Waals surface area contributed by atoms with Crippen LogP contribution in [0.2, 0.25) is 0 Å². The average molecular weight is 242 g/mol. The lowest BCUT2D eigenvalue weighted by atomic mass is 9.89. The van der Waals surface area contributed by atoms with E-state index in [1.54, 1.807) is 0 Å². The van der Waals surface area contributed by atoms with Gasteiger partial charge in [0, 0.05) is 32.1 Å². The third kappa shape index (κ3) is 3.66. The molecule has 0 radical (unpaired) electrons. The van der Waals surface area contributed by atoms with Gasteiger partial charge in [-0.3, -0.25) is 4.79 Å². The van der Waals surface area contributed by atoms with Crippen molar-refractivity contribution in [2.24, 2.45) is 5.73 Å². The van der Waals surface area contributed by atoms with Crippen LogP contribution < -0.4 is 11.1 Å². The predicted molar refractivity (Wildman–Crippen MR) is 63.6 cm³/mol. The Bertz CT molecular complexity index is 264. The first-order valence-electron chi connectivity index (χ1n) is 6.44. The lowest BCUT2D eigenvalue weighted by molar-refractivity contribution is -0.118. The van der Waals surface area contributed by atoms with E-state index in [1.807, 2.05) is 0 Å². The van der Waals surface area contributed by atoms with Gasteiger partial charge in [0.05, 0.1) is 12.2 Å². The van der Waals surface area contributed by atoms with Gasteiger partial charge >= 0.3 is 0 Å². The number of amides is 1. The largest absolute Gasteiger partial charge is 0.378 e. The summed E-state index contributed by atoms with van der Waals surface area (Å²) in [7, 11) is 0. The van der Waals surface area contributed by atoms with Crippen molar-refractivity contribution in [3.8, 4) is 0 Å². The Kier molecular flexibility index (Phi) is 4.36. The molecule has 0 saturated carbocycles. The van der Waals surface area contributed by atoms with E-state index in [0.29, 0.717) is 12.5 Å². The number of primary amides is 1. The van der Waals surface area contributed by atoms with E-state index >= 15 is 0 Å². The van der Waals surface area contributed by atoms with Crippen LogP contribution in [0.4, 0.5) is 0 Å². The molecule has 0 aromatic rings. The number of carbonyl (C=O) groups excluding carboxylic acids is 1. The summed E-state index contributed by atoms with van der Waals surface area (Å²) in [6.07, 6.45) is 4.34. The van der Waals surface area contributed by atoms with Crippen LogP contribution in [0, 0.1) is 0 Å². The predicted octanol–water partition coefficient (Wildman–Crippen LogP) is 0.180. The molecule has 0 bridgehead atoms. The Morgan fingerprint density at radius 1 is 1.47 bits per heavy atom. The lowest BCUT2D eigenvalue weighted by Gasteiger charge is -2.37. The molecule has 17 heavy (non-hydrogen) atoms. The Morgan fingerprint density at radius 2 is 2.35 bits per heavy atom. The first kappa shape index (κ1) is 12.8. The molecule has 2 rings (SSSR count). The SMILES string of the molecule is NC(=O)CCCNC1CCOC2(CCOC2)C1. The fourth-order valence-electron chi connectivity index (χ4n) is 2.63. The fraction of sp³-hybridized carbons (Fsp3) is 0.917. The van der Waals surface area contributed by atoms with Gasteiger partial charge in [0.1, 0.15) is 0 Å². The minimum atomic E-state index is -0.223. The molecular formula is C12H22N2O3. The number of ether oxygens (including phenoxy) is 2. The topological polar surface area (TPSA) is 73.6 Å². The van der Waals surface area contributed by atoms with Gasteiger partial charge in [0.25, 0.3) is 0 Å². The molecule has 2 fully saturated rings. The van der Waals surface area contributed by atoms with Gasteiger partial charge in [0.15, 0.2) is 0 Å². The molecule has 2 aliphatic rings. The van der Waals surface area contributed by atoms with Gasteiger partial charge in [-0.15, -0.1) is 0 Å². The summed E-state index contributed by atoms with van der Waals surface area (Å²) >= 11 is 0. The molecule has 98 valence electrons. The second kappa shape index (κ2) is 5.80. The number of rotatable bonds is 5. The number of nitrogens with one attached hydrogen (secondary N) is 1. The van der Waals surface area contributed by atoms with E-state index in [9.17, 15) is 4.79 Å². The molecule has 2 atom stereocenters. The maximum Gasteiger partial charge on any atom is 0.217 e. The highest BCUT2D eigenvalue weighted by molar-refractivity contribution is 5.73. The van der Waals surface area contributed by atoms with Gasteiger partial charge in [-0.1, -0.05) is 0 Å². The molecule has 2 heterocycles. The van der Waals surface area contributed by atoms with E-state index in [0.717, 1.165) is 52.0 Å². The molecular weight excluding hydrogens is 220 g/mol. The molecule has 3 N–H and O–H groups in total. The first-order valence-corrected chi connectivity index (χ1v) is 6.44. The quantitative estimate of drug-likeness (QED) is 0.674. The number of carbonyl (C=O) groups is 1. The Morgan fingerprint density at radius 3 is 3.06 bits per heavy atom. The average Bonchev–Trinajstić information content (AvgIpc) is 2.73. The van der Waals surface area contributed by atoms with Gasteiger partial charge in [-0.25, -0.2) is 0 Å². The standard InChI is InChI=1S/C12H22N2O3/c13-11(15)2-1-5-14-10-3-6-17-12(8-10)4-7-16-9-12/h10,14H,1-9H2,(H2,13,15). The first-order chi connectivity index (χ1) is 8.20. The van der Waals surface area contributed by atoms with Crippen LogP contribution in [0.3, 0.4) is 0 Å². The highest BCUT2D eigenvalue weighted by Crippen LogP contribution is 2.32. The fourth-order valence-corrected chi connectivity index (χ4v) is 2.63. The maximum atomic E-state index is 10.6. The van der Waals surface area contributed by atoms with Crippen molar-refractivity contribution in [2.75, 3.05) is 26.4 Å². The maximum absolute atomic E-state index is 10.6. The monoisotopic (exact) mass is 242 g/mol. The summed E-state index contributed by atoms with van der Waals surface area (Å²) in [5, 5.41) is 3.48. The van der Waals surface area contributed by atoms with Crippen LogP contribution in [0.5, 0.6) is 0 Å². The van der Waals surface area contributed by atoms with Gasteiger partial charge in [0.2, 0.25) is 5.91 Å². The summed E-state index contributed by atoms with van der Waals surface area (Å²) in [5.41, 5.74) is 5.06. The Balaban J connectivity index is 1.68. The van der Waals surface area contributed by atoms with Crippen molar-refractivity contribution >= 4 is 5.91 Å². The molecule has 5 nitrogen and oxygen atoms in total. The van der Waals surface area contributed by atoms with Crippen molar-refractivity contribution < 1.29 is 14.3 Å². The summed E-state index contributed by atoms with van der Waals surface area (Å²) in [5.74, 6) is -0.223. The van der Waals surface area contributed by atoms with Crippen LogP contribution in [0.1, 0.15) is 32.1 Å². The molecule has 2 saturated heterocycles. The van der Waals surface area contributed by atoms with Crippen molar-refractivity contribution in [1.29, 1.82) is 0 Å². The van der Waals surface area contributed by atoms with Gasteiger partial charge in [-0.2, -0.15) is 0 Å². The number of hydrogen-bond donors (Lipinski definition) is 2. The molecule has 5 heteroatoms. The van der Waals surface area contributed by atoms with Crippen molar-refractivity contribution in [2.45, 2.75) is 43.7 Å². The van der Waals surface area contributed by atoms with Crippen LogP contribution in [-0.4, -0.2) is 43.9 Å². The Labute approximate surface area is 102 Å². The summed E-state index contributed by atoms with van der Waals surface area (Å²) < 4.78 is 11.3. The van der Waals surface area contributed by atoms with Crippen molar-refractivity contribution in [1.82, 2.24) is 5.32 Å². The normalized spacial score (nSPS) is 33.1. The zero-order valence-corrected chi connectivity index (χ0v) is 10.2. The van der Waals surface area contributed by atoms with Crippen LogP contribution in [-0.2, 0) is 14.3 Å². The molecule has 0 aromatic carbocycles. The molecule has 2 aliphatic heterocycles. The third-order valence-electron chi connectivity index (χ3n) is 3.59. The lowest BCUT2D eigenvalue weighted by Crippen LogP contribution is -2.47. The van der Waals surface area contributed by atoms with Crippen LogP contribution >= 0.6 is 0 Å². The van der Waals surface area contributed by atoms with Crippen molar-refractivity contribution in [3.05, 3.63) is 0 Å². The molecule has 0 aliphatic carbocycles. The van der Waals surface area contributed by atoms with E-state index in [2.05, 4.69) is 5.32 Å². The number of nitrogens with two attached hydrogens (primary N) is 1. The second-order valence-corrected chi connectivity index (χ2v) is 5.05. The van der Waals surface area contributed by atoms with E-state index < -0.39 is 0 Å². The minimum absolute atomic E-state index is 0.0421.